The van der Waals surface area contributed by atoms with Crippen LogP contribution in [0.3, 0.4) is 0 Å². The summed E-state index contributed by atoms with van der Waals surface area (Å²) in [6, 6.07) is 11.7. The average molecular weight is 299 g/mol. The molecule has 0 aliphatic heterocycles. The number of aliphatic hydroxyl groups is 1. The van der Waals surface area contributed by atoms with Crippen molar-refractivity contribution in [2.75, 3.05) is 0 Å². The van der Waals surface area contributed by atoms with Crippen molar-refractivity contribution < 1.29 is 9.50 Å². The third-order valence-corrected chi connectivity index (χ3v) is 3.30. The summed E-state index contributed by atoms with van der Waals surface area (Å²) in [6.07, 6.45) is 0.0205. The number of halogens is 3. The predicted octanol–water partition coefficient (Wildman–Crippen LogP) is 4.28. The minimum atomic E-state index is -0.658. The zero-order valence-corrected chi connectivity index (χ0v) is 11.6. The Bertz CT molecular complexity index is 572. The summed E-state index contributed by atoms with van der Waals surface area (Å²) >= 11 is 11.6. The molecule has 2 aromatic rings. The van der Waals surface area contributed by atoms with Crippen LogP contribution in [-0.2, 0) is 12.8 Å². The number of aliphatic hydroxyl groups excluding tert-OH is 1. The molecule has 2 aromatic carbocycles. The van der Waals surface area contributed by atoms with Gasteiger partial charge in [0.1, 0.15) is 5.82 Å². The van der Waals surface area contributed by atoms with Crippen molar-refractivity contribution in [2.24, 2.45) is 0 Å². The van der Waals surface area contributed by atoms with Crippen LogP contribution in [0.4, 0.5) is 4.39 Å². The molecule has 4 heteroatoms. The van der Waals surface area contributed by atoms with Gasteiger partial charge in [0.25, 0.3) is 0 Å². The van der Waals surface area contributed by atoms with Gasteiger partial charge in [0.15, 0.2) is 0 Å². The fourth-order valence-electron chi connectivity index (χ4n) is 1.95. The zero-order chi connectivity index (χ0) is 13.8. The maximum atomic E-state index is 13.6. The lowest BCUT2D eigenvalue weighted by molar-refractivity contribution is 0.174. The second-order valence-corrected chi connectivity index (χ2v) is 5.30. The third kappa shape index (κ3) is 4.20. The predicted molar refractivity (Wildman–Crippen MR) is 76.3 cm³/mol. The second kappa shape index (κ2) is 6.38. The Kier molecular flexibility index (Phi) is 4.81. The van der Waals surface area contributed by atoms with Crippen LogP contribution in [0.5, 0.6) is 0 Å². The highest BCUT2D eigenvalue weighted by atomic mass is 35.5. The molecule has 1 atom stereocenters. The van der Waals surface area contributed by atoms with Gasteiger partial charge in [-0.2, -0.15) is 0 Å². The van der Waals surface area contributed by atoms with Gasteiger partial charge in [-0.15, -0.1) is 0 Å². The molecule has 0 fully saturated rings. The fourth-order valence-corrected chi connectivity index (χ4v) is 2.32. The van der Waals surface area contributed by atoms with E-state index in [1.807, 2.05) is 12.1 Å². The van der Waals surface area contributed by atoms with E-state index >= 15 is 0 Å². The van der Waals surface area contributed by atoms with Crippen LogP contribution in [0.25, 0.3) is 0 Å². The molecular weight excluding hydrogens is 286 g/mol. The van der Waals surface area contributed by atoms with Crippen molar-refractivity contribution in [3.63, 3.8) is 0 Å². The smallest absolute Gasteiger partial charge is 0.127 e. The number of hydrogen-bond donors (Lipinski definition) is 1. The lowest BCUT2D eigenvalue weighted by Gasteiger charge is -2.12. The van der Waals surface area contributed by atoms with Crippen molar-refractivity contribution in [1.29, 1.82) is 0 Å². The van der Waals surface area contributed by atoms with Gasteiger partial charge in [-0.3, -0.25) is 0 Å². The molecule has 19 heavy (non-hydrogen) atoms. The highest BCUT2D eigenvalue weighted by molar-refractivity contribution is 6.30. The van der Waals surface area contributed by atoms with Crippen LogP contribution < -0.4 is 0 Å². The van der Waals surface area contributed by atoms with E-state index in [-0.39, 0.29) is 6.42 Å². The Morgan fingerprint density at radius 1 is 1.00 bits per heavy atom. The van der Waals surface area contributed by atoms with Crippen LogP contribution in [0.2, 0.25) is 10.0 Å². The van der Waals surface area contributed by atoms with E-state index in [2.05, 4.69) is 0 Å². The average Bonchev–Trinajstić information content (AvgIpc) is 2.33. The quantitative estimate of drug-likeness (QED) is 0.893. The summed E-state index contributed by atoms with van der Waals surface area (Å²) in [6.45, 7) is 0. The van der Waals surface area contributed by atoms with Gasteiger partial charge in [0.05, 0.1) is 6.10 Å². The molecule has 2 rings (SSSR count). The molecule has 0 bridgehead atoms. The lowest BCUT2D eigenvalue weighted by Crippen LogP contribution is -2.14. The van der Waals surface area contributed by atoms with Gasteiger partial charge in [0.2, 0.25) is 0 Å². The monoisotopic (exact) mass is 298 g/mol. The van der Waals surface area contributed by atoms with Crippen molar-refractivity contribution in [1.82, 2.24) is 0 Å². The molecule has 0 aliphatic rings. The van der Waals surface area contributed by atoms with Crippen molar-refractivity contribution in [2.45, 2.75) is 18.9 Å². The van der Waals surface area contributed by atoms with E-state index in [1.165, 1.54) is 6.07 Å². The Hall–Kier alpha value is -1.09. The Morgan fingerprint density at radius 2 is 1.74 bits per heavy atom. The normalized spacial score (nSPS) is 12.4. The van der Waals surface area contributed by atoms with Crippen LogP contribution >= 0.6 is 23.2 Å². The Morgan fingerprint density at radius 3 is 2.42 bits per heavy atom. The molecule has 0 saturated heterocycles. The summed E-state index contributed by atoms with van der Waals surface area (Å²) in [5.41, 5.74) is 1.38. The maximum Gasteiger partial charge on any atom is 0.127 e. The molecule has 1 nitrogen and oxygen atoms in total. The Labute approximate surface area is 121 Å². The summed E-state index contributed by atoms with van der Waals surface area (Å²) < 4.78 is 13.6. The van der Waals surface area contributed by atoms with Crippen LogP contribution in [-0.4, -0.2) is 11.2 Å². The van der Waals surface area contributed by atoms with E-state index < -0.39 is 11.9 Å². The van der Waals surface area contributed by atoms with Gasteiger partial charge in [-0.05, 0) is 41.8 Å². The molecular formula is C15H13Cl2FO. The van der Waals surface area contributed by atoms with E-state index in [0.717, 1.165) is 5.56 Å². The molecule has 0 heterocycles. The van der Waals surface area contributed by atoms with Gasteiger partial charge in [-0.1, -0.05) is 41.4 Å². The number of hydrogen-bond acceptors (Lipinski definition) is 1. The molecule has 0 aliphatic carbocycles. The van der Waals surface area contributed by atoms with E-state index in [9.17, 15) is 9.50 Å². The summed E-state index contributed by atoms with van der Waals surface area (Å²) in [7, 11) is 0. The van der Waals surface area contributed by atoms with E-state index in [1.54, 1.807) is 24.3 Å². The highest BCUT2D eigenvalue weighted by Crippen LogP contribution is 2.18. The molecule has 0 saturated carbocycles. The van der Waals surface area contributed by atoms with E-state index in [4.69, 9.17) is 23.2 Å². The summed E-state index contributed by atoms with van der Waals surface area (Å²) in [5.74, 6) is -0.391. The zero-order valence-electron chi connectivity index (χ0n) is 10.1. The topological polar surface area (TPSA) is 20.2 Å². The lowest BCUT2D eigenvalue weighted by atomic mass is 10.0. The third-order valence-electron chi connectivity index (χ3n) is 2.83. The van der Waals surface area contributed by atoms with Crippen LogP contribution in [0.15, 0.2) is 42.5 Å². The first-order chi connectivity index (χ1) is 9.04. The summed E-state index contributed by atoms with van der Waals surface area (Å²) in [5, 5.41) is 11.0. The SMILES string of the molecule is OC(Cc1cccc(Cl)c1)Cc1ccc(Cl)cc1F. The minimum Gasteiger partial charge on any atom is -0.392 e. The molecule has 1 N–H and O–H groups in total. The molecule has 1 unspecified atom stereocenters. The number of benzene rings is 2. The molecule has 0 spiro atoms. The first-order valence-corrected chi connectivity index (χ1v) is 6.66. The van der Waals surface area contributed by atoms with Crippen LogP contribution in [0, 0.1) is 5.82 Å². The molecule has 100 valence electrons. The van der Waals surface area contributed by atoms with Crippen molar-refractivity contribution in [3.8, 4) is 0 Å². The van der Waals surface area contributed by atoms with Crippen molar-refractivity contribution >= 4 is 23.2 Å². The highest BCUT2D eigenvalue weighted by Gasteiger charge is 2.11. The molecule has 0 amide bonds. The van der Waals surface area contributed by atoms with Crippen LogP contribution in [0.1, 0.15) is 11.1 Å². The maximum absolute atomic E-state index is 13.6. The van der Waals surface area contributed by atoms with Gasteiger partial charge < -0.3 is 5.11 Å². The summed E-state index contributed by atoms with van der Waals surface area (Å²) in [4.78, 5) is 0. The van der Waals surface area contributed by atoms with Crippen molar-refractivity contribution in [3.05, 3.63) is 69.5 Å². The first-order valence-electron chi connectivity index (χ1n) is 5.91. The molecule has 0 radical (unpaired) electrons. The van der Waals surface area contributed by atoms with Gasteiger partial charge in [0, 0.05) is 16.5 Å². The standard InChI is InChI=1S/C15H13Cl2FO/c16-12-3-1-2-10(6-12)7-14(19)8-11-4-5-13(17)9-15(11)18/h1-6,9,14,19H,7-8H2. The first kappa shape index (κ1) is 14.3. The molecule has 0 aromatic heterocycles. The van der Waals surface area contributed by atoms with Gasteiger partial charge in [-0.25, -0.2) is 4.39 Å². The second-order valence-electron chi connectivity index (χ2n) is 4.43. The fraction of sp³-hybridized carbons (Fsp3) is 0.200. The Balaban J connectivity index is 2.03. The minimum absolute atomic E-state index is 0.246. The van der Waals surface area contributed by atoms with E-state index in [0.29, 0.717) is 22.0 Å². The largest absolute Gasteiger partial charge is 0.392 e. The number of rotatable bonds is 4. The van der Waals surface area contributed by atoms with Gasteiger partial charge >= 0.3 is 0 Å².